The number of fused-ring (bicyclic) bond motifs is 1. The smallest absolute Gasteiger partial charge is 0.255 e. The van der Waals surface area contributed by atoms with E-state index in [-0.39, 0.29) is 37.1 Å². The van der Waals surface area contributed by atoms with Gasteiger partial charge in [0, 0.05) is 31.3 Å². The fraction of sp³-hybridized carbons (Fsp3) is 0.417. The molecule has 7 nitrogen and oxygen atoms in total. The van der Waals surface area contributed by atoms with Crippen LogP contribution < -0.4 is 5.32 Å². The number of halogens is 2. The number of benzene rings is 1. The fourth-order valence-electron chi connectivity index (χ4n) is 5.18. The Labute approximate surface area is 189 Å². The number of nitrogens with one attached hydrogen (secondary N) is 1. The molecule has 5 rings (SSSR count). The van der Waals surface area contributed by atoms with Crippen molar-refractivity contribution in [2.24, 2.45) is 0 Å². The largest absolute Gasteiger partial charge is 0.322 e. The first-order valence-corrected chi connectivity index (χ1v) is 11.2. The summed E-state index contributed by atoms with van der Waals surface area (Å²) in [5.41, 5.74) is 2.87. The van der Waals surface area contributed by atoms with Gasteiger partial charge in [-0.05, 0) is 73.2 Å². The van der Waals surface area contributed by atoms with Crippen molar-refractivity contribution in [3.8, 4) is 0 Å². The zero-order chi connectivity index (χ0) is 23.1. The number of hydrogen-bond donors (Lipinski definition) is 1. The normalized spacial score (nSPS) is 21.9. The average molecular weight is 454 g/mol. The van der Waals surface area contributed by atoms with E-state index in [0.29, 0.717) is 12.1 Å². The first-order chi connectivity index (χ1) is 15.9. The summed E-state index contributed by atoms with van der Waals surface area (Å²) < 4.78 is 27.5. The SMILES string of the molecule is O=C1CCC(N2Cc3c(cc(F)cc3C3CCN(Cc4ccc(F)nc4)CC3)C2=O)C(=O)N1. The van der Waals surface area contributed by atoms with Crippen LogP contribution in [0.1, 0.15) is 58.6 Å². The van der Waals surface area contributed by atoms with Gasteiger partial charge < -0.3 is 4.90 Å². The molecule has 0 aliphatic carbocycles. The van der Waals surface area contributed by atoms with Gasteiger partial charge in [0.2, 0.25) is 17.8 Å². The van der Waals surface area contributed by atoms with Crippen LogP contribution in [0.2, 0.25) is 0 Å². The van der Waals surface area contributed by atoms with Crippen LogP contribution in [0.3, 0.4) is 0 Å². The molecule has 0 radical (unpaired) electrons. The van der Waals surface area contributed by atoms with Gasteiger partial charge in [-0.3, -0.25) is 24.6 Å². The fourth-order valence-corrected chi connectivity index (χ4v) is 5.18. The van der Waals surface area contributed by atoms with E-state index >= 15 is 0 Å². The number of carbonyl (C=O) groups excluding carboxylic acids is 3. The second-order valence-corrected chi connectivity index (χ2v) is 8.96. The molecule has 3 aliphatic heterocycles. The van der Waals surface area contributed by atoms with Crippen molar-refractivity contribution in [3.05, 3.63) is 64.5 Å². The Hall–Kier alpha value is -3.20. The lowest BCUT2D eigenvalue weighted by molar-refractivity contribution is -0.136. The second-order valence-electron chi connectivity index (χ2n) is 8.96. The molecule has 0 saturated carbocycles. The molecule has 172 valence electrons. The molecule has 3 aliphatic rings. The van der Waals surface area contributed by atoms with E-state index in [9.17, 15) is 23.2 Å². The minimum absolute atomic E-state index is 0.103. The number of rotatable bonds is 4. The Morgan fingerprint density at radius 3 is 2.55 bits per heavy atom. The third-order valence-corrected chi connectivity index (χ3v) is 6.88. The summed E-state index contributed by atoms with van der Waals surface area (Å²) in [6, 6.07) is 5.13. The molecular formula is C24H24F2N4O3. The minimum Gasteiger partial charge on any atom is -0.322 e. The molecule has 2 aromatic rings. The van der Waals surface area contributed by atoms with Crippen LogP contribution >= 0.6 is 0 Å². The van der Waals surface area contributed by atoms with E-state index in [0.717, 1.165) is 42.6 Å². The number of amides is 3. The summed E-state index contributed by atoms with van der Waals surface area (Å²) in [5, 5.41) is 2.29. The minimum atomic E-state index is -0.718. The molecule has 33 heavy (non-hydrogen) atoms. The predicted molar refractivity (Wildman–Crippen MR) is 114 cm³/mol. The number of hydrogen-bond acceptors (Lipinski definition) is 5. The first kappa shape index (κ1) is 21.6. The van der Waals surface area contributed by atoms with Crippen molar-refractivity contribution < 1.29 is 23.2 Å². The lowest BCUT2D eigenvalue weighted by Gasteiger charge is -2.33. The summed E-state index contributed by atoms with van der Waals surface area (Å²) in [7, 11) is 0. The van der Waals surface area contributed by atoms with Gasteiger partial charge in [-0.15, -0.1) is 0 Å². The third kappa shape index (κ3) is 4.25. The van der Waals surface area contributed by atoms with Gasteiger partial charge in [0.25, 0.3) is 5.91 Å². The second kappa shape index (κ2) is 8.62. The van der Waals surface area contributed by atoms with Gasteiger partial charge >= 0.3 is 0 Å². The van der Waals surface area contributed by atoms with E-state index in [2.05, 4.69) is 15.2 Å². The highest BCUT2D eigenvalue weighted by molar-refractivity contribution is 6.05. The van der Waals surface area contributed by atoms with Crippen LogP contribution in [-0.2, 0) is 22.7 Å². The van der Waals surface area contributed by atoms with Crippen molar-refractivity contribution in [2.75, 3.05) is 13.1 Å². The molecule has 1 aromatic carbocycles. The molecule has 2 fully saturated rings. The zero-order valence-electron chi connectivity index (χ0n) is 18.0. The first-order valence-electron chi connectivity index (χ1n) is 11.2. The Morgan fingerprint density at radius 2 is 1.85 bits per heavy atom. The lowest BCUT2D eigenvalue weighted by atomic mass is 9.85. The van der Waals surface area contributed by atoms with Crippen LogP contribution in [-0.4, -0.2) is 51.6 Å². The maximum absolute atomic E-state index is 14.5. The summed E-state index contributed by atoms with van der Waals surface area (Å²) in [6.07, 6.45) is 3.60. The average Bonchev–Trinajstić information content (AvgIpc) is 3.11. The molecule has 1 N–H and O–H groups in total. The molecular weight excluding hydrogens is 430 g/mol. The maximum atomic E-state index is 14.5. The van der Waals surface area contributed by atoms with Crippen LogP contribution in [0, 0.1) is 11.8 Å². The van der Waals surface area contributed by atoms with Crippen LogP contribution in [0.15, 0.2) is 30.5 Å². The Kier molecular flexibility index (Phi) is 5.65. The molecule has 9 heteroatoms. The van der Waals surface area contributed by atoms with Crippen molar-refractivity contribution in [1.82, 2.24) is 20.1 Å². The lowest BCUT2D eigenvalue weighted by Crippen LogP contribution is -2.52. The third-order valence-electron chi connectivity index (χ3n) is 6.88. The van der Waals surface area contributed by atoms with Gasteiger partial charge in [0.15, 0.2) is 0 Å². The standard InChI is InChI=1S/C24H24F2N4O3/c25-16-9-17(15-5-7-29(8-6-15)12-14-1-3-21(26)27-11-14)19-13-30(24(33)18(19)10-16)20-2-4-22(31)28-23(20)32/h1,3,9-11,15,20H,2,4-8,12-13H2,(H,28,31,32). The number of piperidine rings is 2. The maximum Gasteiger partial charge on any atom is 0.255 e. The summed E-state index contributed by atoms with van der Waals surface area (Å²) in [4.78, 5) is 44.3. The van der Waals surface area contributed by atoms with E-state index in [1.54, 1.807) is 6.07 Å². The van der Waals surface area contributed by atoms with Gasteiger partial charge in [-0.1, -0.05) is 6.07 Å². The number of nitrogens with zero attached hydrogens (tertiary/aromatic N) is 3. The van der Waals surface area contributed by atoms with Crippen LogP contribution in [0.4, 0.5) is 8.78 Å². The predicted octanol–water partition coefficient (Wildman–Crippen LogP) is 2.50. The van der Waals surface area contributed by atoms with Gasteiger partial charge in [0.1, 0.15) is 11.9 Å². The highest BCUT2D eigenvalue weighted by Crippen LogP contribution is 2.38. The van der Waals surface area contributed by atoms with Crippen molar-refractivity contribution in [1.29, 1.82) is 0 Å². The van der Waals surface area contributed by atoms with Crippen molar-refractivity contribution >= 4 is 17.7 Å². The topological polar surface area (TPSA) is 82.6 Å². The Bertz CT molecular complexity index is 1110. The summed E-state index contributed by atoms with van der Waals surface area (Å²) in [5.74, 6) is -2.03. The van der Waals surface area contributed by atoms with E-state index in [4.69, 9.17) is 0 Å². The Balaban J connectivity index is 1.31. The van der Waals surface area contributed by atoms with Crippen molar-refractivity contribution in [3.63, 3.8) is 0 Å². The number of aromatic nitrogens is 1. The molecule has 3 amide bonds. The van der Waals surface area contributed by atoms with E-state index in [1.165, 1.54) is 29.3 Å². The van der Waals surface area contributed by atoms with E-state index in [1.807, 2.05) is 0 Å². The van der Waals surface area contributed by atoms with Crippen LogP contribution in [0.25, 0.3) is 0 Å². The molecule has 1 atom stereocenters. The summed E-state index contributed by atoms with van der Waals surface area (Å²) in [6.45, 7) is 2.50. The number of imide groups is 1. The zero-order valence-corrected chi connectivity index (χ0v) is 18.0. The number of pyridine rings is 1. The highest BCUT2D eigenvalue weighted by atomic mass is 19.1. The molecule has 2 saturated heterocycles. The molecule has 0 spiro atoms. The molecule has 1 aromatic heterocycles. The highest BCUT2D eigenvalue weighted by Gasteiger charge is 2.41. The quantitative estimate of drug-likeness (QED) is 0.567. The number of likely N-dealkylation sites (tertiary alicyclic amines) is 1. The Morgan fingerprint density at radius 1 is 1.06 bits per heavy atom. The molecule has 1 unspecified atom stereocenters. The van der Waals surface area contributed by atoms with Crippen LogP contribution in [0.5, 0.6) is 0 Å². The molecule has 0 bridgehead atoms. The molecule has 4 heterocycles. The van der Waals surface area contributed by atoms with Gasteiger partial charge in [0.05, 0.1) is 0 Å². The monoisotopic (exact) mass is 454 g/mol. The number of carbonyl (C=O) groups is 3. The van der Waals surface area contributed by atoms with Gasteiger partial charge in [-0.2, -0.15) is 4.39 Å². The van der Waals surface area contributed by atoms with Crippen molar-refractivity contribution in [2.45, 2.75) is 50.7 Å². The summed E-state index contributed by atoms with van der Waals surface area (Å²) >= 11 is 0. The van der Waals surface area contributed by atoms with E-state index < -0.39 is 23.7 Å². The van der Waals surface area contributed by atoms with Gasteiger partial charge in [-0.25, -0.2) is 9.37 Å².